The van der Waals surface area contributed by atoms with Gasteiger partial charge in [0.15, 0.2) is 0 Å². The molecule has 1 heterocycles. The second-order valence-corrected chi connectivity index (χ2v) is 5.10. The predicted octanol–water partition coefficient (Wildman–Crippen LogP) is 1.53. The van der Waals surface area contributed by atoms with E-state index in [1.54, 1.807) is 0 Å². The first-order valence-corrected chi connectivity index (χ1v) is 6.51. The van der Waals surface area contributed by atoms with Crippen molar-refractivity contribution >= 4 is 15.9 Å². The zero-order valence-electron chi connectivity index (χ0n) is 9.50. The Kier molecular flexibility index (Phi) is 4.50. The summed E-state index contributed by atoms with van der Waals surface area (Å²) in [7, 11) is 0. The summed E-state index contributed by atoms with van der Waals surface area (Å²) in [5.41, 5.74) is 0.821. The van der Waals surface area contributed by atoms with Crippen LogP contribution in [-0.4, -0.2) is 42.8 Å². The first kappa shape index (κ1) is 13.0. The Morgan fingerprint density at radius 3 is 2.65 bits per heavy atom. The molecule has 3 nitrogen and oxygen atoms in total. The van der Waals surface area contributed by atoms with E-state index in [2.05, 4.69) is 26.1 Å². The number of piperazine rings is 1. The van der Waals surface area contributed by atoms with E-state index in [4.69, 9.17) is 0 Å². The fraction of sp³-hybridized carbons (Fsp3) is 0.500. The van der Waals surface area contributed by atoms with Gasteiger partial charge in [-0.2, -0.15) is 0 Å². The Bertz CT molecular complexity index is 363. The van der Waals surface area contributed by atoms with Crippen LogP contribution in [0.15, 0.2) is 22.7 Å². The molecule has 0 spiro atoms. The van der Waals surface area contributed by atoms with Crippen molar-refractivity contribution in [1.82, 2.24) is 10.2 Å². The Hall–Kier alpha value is -0.490. The molecule has 1 aromatic carbocycles. The van der Waals surface area contributed by atoms with E-state index in [1.807, 2.05) is 6.07 Å². The maximum absolute atomic E-state index is 13.3. The minimum absolute atomic E-state index is 0.00981. The van der Waals surface area contributed by atoms with Crippen LogP contribution in [0, 0.1) is 5.82 Å². The number of halogens is 2. The van der Waals surface area contributed by atoms with Gasteiger partial charge in [0.05, 0.1) is 12.6 Å². The first-order valence-electron chi connectivity index (χ1n) is 5.72. The molecule has 0 bridgehead atoms. The monoisotopic (exact) mass is 302 g/mol. The van der Waals surface area contributed by atoms with Crippen LogP contribution in [0.25, 0.3) is 0 Å². The van der Waals surface area contributed by atoms with Gasteiger partial charge in [-0.25, -0.2) is 4.39 Å². The van der Waals surface area contributed by atoms with Crippen molar-refractivity contribution in [1.29, 1.82) is 0 Å². The molecule has 0 unspecified atom stereocenters. The zero-order chi connectivity index (χ0) is 12.3. The number of nitrogens with one attached hydrogen (secondary N) is 1. The third-order valence-corrected chi connectivity index (χ3v) is 3.49. The summed E-state index contributed by atoms with van der Waals surface area (Å²) >= 11 is 3.28. The van der Waals surface area contributed by atoms with Gasteiger partial charge in [-0.1, -0.05) is 15.9 Å². The second-order valence-electron chi connectivity index (χ2n) is 4.19. The molecule has 1 aliphatic heterocycles. The molecule has 1 aromatic rings. The number of hydrogen-bond donors (Lipinski definition) is 2. The molecule has 1 aliphatic rings. The summed E-state index contributed by atoms with van der Waals surface area (Å²) in [6.45, 7) is 3.58. The van der Waals surface area contributed by atoms with Crippen molar-refractivity contribution in [2.45, 2.75) is 6.04 Å². The van der Waals surface area contributed by atoms with Crippen LogP contribution >= 0.6 is 15.9 Å². The topological polar surface area (TPSA) is 35.5 Å². The van der Waals surface area contributed by atoms with Crippen molar-refractivity contribution in [2.24, 2.45) is 0 Å². The van der Waals surface area contributed by atoms with E-state index < -0.39 is 0 Å². The van der Waals surface area contributed by atoms with Crippen molar-refractivity contribution in [3.63, 3.8) is 0 Å². The molecule has 0 radical (unpaired) electrons. The van der Waals surface area contributed by atoms with Gasteiger partial charge in [-0.05, 0) is 23.8 Å². The van der Waals surface area contributed by atoms with E-state index in [-0.39, 0.29) is 18.5 Å². The van der Waals surface area contributed by atoms with E-state index >= 15 is 0 Å². The van der Waals surface area contributed by atoms with Crippen LogP contribution in [0.5, 0.6) is 0 Å². The van der Waals surface area contributed by atoms with E-state index in [9.17, 15) is 9.50 Å². The molecule has 0 amide bonds. The maximum atomic E-state index is 13.3. The fourth-order valence-corrected chi connectivity index (χ4v) is 2.68. The van der Waals surface area contributed by atoms with E-state index in [0.29, 0.717) is 4.47 Å². The summed E-state index contributed by atoms with van der Waals surface area (Å²) in [4.78, 5) is 2.18. The minimum atomic E-state index is -0.275. The van der Waals surface area contributed by atoms with Crippen LogP contribution in [0.1, 0.15) is 11.6 Å². The molecule has 5 heteroatoms. The average molecular weight is 303 g/mol. The lowest BCUT2D eigenvalue weighted by molar-refractivity contribution is 0.110. The summed E-state index contributed by atoms with van der Waals surface area (Å²) < 4.78 is 14.1. The molecule has 2 N–H and O–H groups in total. The third kappa shape index (κ3) is 3.25. The Morgan fingerprint density at radius 2 is 2.06 bits per heavy atom. The van der Waals surface area contributed by atoms with Crippen LogP contribution in [-0.2, 0) is 0 Å². The van der Waals surface area contributed by atoms with Crippen molar-refractivity contribution in [3.8, 4) is 0 Å². The summed E-state index contributed by atoms with van der Waals surface area (Å²) in [6.07, 6.45) is 0. The summed E-state index contributed by atoms with van der Waals surface area (Å²) in [5.74, 6) is -0.275. The smallest absolute Gasteiger partial charge is 0.124 e. The Balaban J connectivity index is 2.21. The quantitative estimate of drug-likeness (QED) is 0.889. The van der Waals surface area contributed by atoms with E-state index in [1.165, 1.54) is 12.1 Å². The molecule has 1 saturated heterocycles. The minimum Gasteiger partial charge on any atom is -0.394 e. The molecule has 0 aromatic heterocycles. The van der Waals surface area contributed by atoms with Gasteiger partial charge < -0.3 is 10.4 Å². The molecule has 2 rings (SSSR count). The van der Waals surface area contributed by atoms with Crippen molar-refractivity contribution < 1.29 is 9.50 Å². The fourth-order valence-electron chi connectivity index (χ4n) is 2.19. The van der Waals surface area contributed by atoms with Gasteiger partial charge in [-0.15, -0.1) is 0 Å². The lowest BCUT2D eigenvalue weighted by Crippen LogP contribution is -2.46. The molecular formula is C12H16BrFN2O. The lowest BCUT2D eigenvalue weighted by Gasteiger charge is -2.34. The highest BCUT2D eigenvalue weighted by molar-refractivity contribution is 9.10. The first-order chi connectivity index (χ1) is 8.20. The third-order valence-electron chi connectivity index (χ3n) is 3.03. The Labute approximate surface area is 109 Å². The number of aliphatic hydroxyl groups is 1. The number of aliphatic hydroxyl groups excluding tert-OH is 1. The van der Waals surface area contributed by atoms with Crippen LogP contribution in [0.4, 0.5) is 4.39 Å². The highest BCUT2D eigenvalue weighted by atomic mass is 79.9. The largest absolute Gasteiger partial charge is 0.394 e. The van der Waals surface area contributed by atoms with Gasteiger partial charge >= 0.3 is 0 Å². The highest BCUT2D eigenvalue weighted by Crippen LogP contribution is 2.24. The van der Waals surface area contributed by atoms with Gasteiger partial charge in [-0.3, -0.25) is 4.90 Å². The van der Waals surface area contributed by atoms with Gasteiger partial charge in [0.1, 0.15) is 5.82 Å². The van der Waals surface area contributed by atoms with E-state index in [0.717, 1.165) is 31.7 Å². The van der Waals surface area contributed by atoms with Gasteiger partial charge in [0, 0.05) is 30.7 Å². The van der Waals surface area contributed by atoms with Gasteiger partial charge in [0.25, 0.3) is 0 Å². The highest BCUT2D eigenvalue weighted by Gasteiger charge is 2.22. The molecule has 0 saturated carbocycles. The summed E-state index contributed by atoms with van der Waals surface area (Å²) in [5, 5.41) is 12.8. The lowest BCUT2D eigenvalue weighted by atomic mass is 10.1. The molecular weight excluding hydrogens is 287 g/mol. The number of hydrogen-bond acceptors (Lipinski definition) is 3. The standard InChI is InChI=1S/C12H16BrFN2O/c13-10-5-9(6-11(14)7-10)12(8-17)16-3-1-15-2-4-16/h5-7,12,15,17H,1-4,8H2/t12-/m0/s1. The molecule has 1 atom stereocenters. The van der Waals surface area contributed by atoms with Gasteiger partial charge in [0.2, 0.25) is 0 Å². The van der Waals surface area contributed by atoms with Crippen LogP contribution in [0.2, 0.25) is 0 Å². The number of nitrogens with zero attached hydrogens (tertiary/aromatic N) is 1. The molecule has 0 aliphatic carbocycles. The Morgan fingerprint density at radius 1 is 1.35 bits per heavy atom. The number of benzene rings is 1. The number of rotatable bonds is 3. The second kappa shape index (κ2) is 5.91. The predicted molar refractivity (Wildman–Crippen MR) is 68.4 cm³/mol. The van der Waals surface area contributed by atoms with Crippen LogP contribution < -0.4 is 5.32 Å². The summed E-state index contributed by atoms with van der Waals surface area (Å²) in [6, 6.07) is 4.67. The average Bonchev–Trinajstić information content (AvgIpc) is 2.30. The zero-order valence-corrected chi connectivity index (χ0v) is 11.1. The van der Waals surface area contributed by atoms with Crippen molar-refractivity contribution in [3.05, 3.63) is 34.1 Å². The molecule has 94 valence electrons. The van der Waals surface area contributed by atoms with Crippen LogP contribution in [0.3, 0.4) is 0 Å². The SMILES string of the molecule is OC[C@@H](c1cc(F)cc(Br)c1)N1CCNCC1. The maximum Gasteiger partial charge on any atom is 0.124 e. The van der Waals surface area contributed by atoms with Crippen molar-refractivity contribution in [2.75, 3.05) is 32.8 Å². The molecule has 1 fully saturated rings. The molecule has 17 heavy (non-hydrogen) atoms. The normalized spacial score (nSPS) is 19.2.